The van der Waals surface area contributed by atoms with Gasteiger partial charge >= 0.3 is 0 Å². The van der Waals surface area contributed by atoms with Gasteiger partial charge in [0.05, 0.1) is 23.5 Å². The van der Waals surface area contributed by atoms with E-state index in [-0.39, 0.29) is 11.8 Å². The minimum atomic E-state index is 0.0631. The molecule has 7 nitrogen and oxygen atoms in total. The van der Waals surface area contributed by atoms with Gasteiger partial charge < -0.3 is 9.47 Å². The molecule has 0 bridgehead atoms. The van der Waals surface area contributed by atoms with Gasteiger partial charge in [-0.3, -0.25) is 14.5 Å². The Bertz CT molecular complexity index is 929. The first-order chi connectivity index (χ1) is 13.1. The molecule has 1 aliphatic heterocycles. The third-order valence-electron chi connectivity index (χ3n) is 5.12. The number of nitrogens with zero attached hydrogens (tertiary/aromatic N) is 6. The molecule has 0 saturated carbocycles. The molecule has 27 heavy (non-hydrogen) atoms. The smallest absolute Gasteiger partial charge is 0.257 e. The molecule has 1 fully saturated rings. The van der Waals surface area contributed by atoms with Crippen LogP contribution < -0.4 is 0 Å². The first-order valence-electron chi connectivity index (χ1n) is 9.32. The van der Waals surface area contributed by atoms with Crippen molar-refractivity contribution >= 4 is 5.91 Å². The van der Waals surface area contributed by atoms with Crippen LogP contribution in [0.3, 0.4) is 0 Å². The third-order valence-corrected chi connectivity index (χ3v) is 5.12. The van der Waals surface area contributed by atoms with E-state index < -0.39 is 0 Å². The number of aromatic nitrogens is 5. The highest BCUT2D eigenvalue weighted by atomic mass is 16.2. The fourth-order valence-electron chi connectivity index (χ4n) is 3.83. The van der Waals surface area contributed by atoms with E-state index in [0.29, 0.717) is 18.7 Å². The molecule has 0 unspecified atom stereocenters. The Morgan fingerprint density at radius 3 is 2.89 bits per heavy atom. The van der Waals surface area contributed by atoms with Crippen LogP contribution in [0, 0.1) is 6.92 Å². The number of amides is 1. The van der Waals surface area contributed by atoms with Crippen molar-refractivity contribution in [3.63, 3.8) is 0 Å². The Balaban J connectivity index is 1.51. The van der Waals surface area contributed by atoms with Gasteiger partial charge in [0, 0.05) is 50.8 Å². The number of pyridine rings is 1. The van der Waals surface area contributed by atoms with Gasteiger partial charge in [-0.25, -0.2) is 4.98 Å². The van der Waals surface area contributed by atoms with Gasteiger partial charge in [0.25, 0.3) is 5.91 Å². The highest BCUT2D eigenvalue weighted by Crippen LogP contribution is 2.27. The number of hydrogen-bond acceptors (Lipinski definition) is 4. The Labute approximate surface area is 158 Å². The second-order valence-corrected chi connectivity index (χ2v) is 7.13. The molecule has 140 valence electrons. The largest absolute Gasteiger partial charge is 0.338 e. The number of imidazole rings is 1. The predicted octanol–water partition coefficient (Wildman–Crippen LogP) is 2.39. The van der Waals surface area contributed by atoms with E-state index in [2.05, 4.69) is 19.6 Å². The summed E-state index contributed by atoms with van der Waals surface area (Å²) in [5.74, 6) is 1.33. The maximum Gasteiger partial charge on any atom is 0.257 e. The van der Waals surface area contributed by atoms with Gasteiger partial charge in [-0.2, -0.15) is 5.10 Å². The summed E-state index contributed by atoms with van der Waals surface area (Å²) in [7, 11) is 1.84. The first kappa shape index (κ1) is 17.5. The van der Waals surface area contributed by atoms with Gasteiger partial charge in [0.2, 0.25) is 0 Å². The highest BCUT2D eigenvalue weighted by Gasteiger charge is 2.29. The predicted molar refractivity (Wildman–Crippen MR) is 101 cm³/mol. The number of rotatable bonds is 4. The zero-order valence-electron chi connectivity index (χ0n) is 15.7. The summed E-state index contributed by atoms with van der Waals surface area (Å²) < 4.78 is 3.85. The van der Waals surface area contributed by atoms with E-state index in [1.807, 2.05) is 61.9 Å². The lowest BCUT2D eigenvalue weighted by atomic mass is 9.96. The van der Waals surface area contributed by atoms with Crippen LogP contribution in [0.25, 0.3) is 0 Å². The molecule has 0 aromatic carbocycles. The van der Waals surface area contributed by atoms with Crippen molar-refractivity contribution in [2.75, 3.05) is 13.1 Å². The standard InChI is InChI=1S/C20H24N6O/c1-15-18(14-24(2)23-15)20(27)26-10-5-6-16(12-26)19-22-9-11-25(19)13-17-7-3-4-8-21-17/h3-4,7-9,11,14,16H,5-6,10,12-13H2,1-2H3/t16-/m1/s1. The van der Waals surface area contributed by atoms with Crippen LogP contribution in [0.5, 0.6) is 0 Å². The van der Waals surface area contributed by atoms with Crippen molar-refractivity contribution in [2.24, 2.45) is 7.05 Å². The summed E-state index contributed by atoms with van der Waals surface area (Å²) in [5, 5.41) is 4.30. The van der Waals surface area contributed by atoms with Gasteiger partial charge in [0.1, 0.15) is 5.82 Å². The molecule has 0 spiro atoms. The normalized spacial score (nSPS) is 17.3. The lowest BCUT2D eigenvalue weighted by molar-refractivity contribution is 0.0702. The summed E-state index contributed by atoms with van der Waals surface area (Å²) in [5.41, 5.74) is 2.47. The molecule has 1 amide bonds. The van der Waals surface area contributed by atoms with E-state index in [1.54, 1.807) is 4.68 Å². The monoisotopic (exact) mass is 364 g/mol. The number of likely N-dealkylation sites (tertiary alicyclic amines) is 1. The average molecular weight is 364 g/mol. The summed E-state index contributed by atoms with van der Waals surface area (Å²) in [4.78, 5) is 23.9. The lowest BCUT2D eigenvalue weighted by Crippen LogP contribution is -2.40. The Kier molecular flexibility index (Phi) is 4.75. The molecule has 0 aliphatic carbocycles. The molecule has 4 heterocycles. The zero-order valence-corrected chi connectivity index (χ0v) is 15.7. The van der Waals surface area contributed by atoms with Gasteiger partial charge in [-0.1, -0.05) is 6.07 Å². The maximum atomic E-state index is 13.0. The zero-order chi connectivity index (χ0) is 18.8. The van der Waals surface area contributed by atoms with Gasteiger partial charge in [0.15, 0.2) is 0 Å². The fourth-order valence-corrected chi connectivity index (χ4v) is 3.83. The minimum absolute atomic E-state index is 0.0631. The van der Waals surface area contributed by atoms with E-state index in [0.717, 1.165) is 36.6 Å². The van der Waals surface area contributed by atoms with E-state index in [9.17, 15) is 4.79 Å². The van der Waals surface area contributed by atoms with E-state index >= 15 is 0 Å². The van der Waals surface area contributed by atoms with Crippen molar-refractivity contribution in [1.82, 2.24) is 29.2 Å². The van der Waals surface area contributed by atoms with Crippen LogP contribution in [-0.4, -0.2) is 48.2 Å². The molecule has 1 atom stereocenters. The van der Waals surface area contributed by atoms with Crippen LogP contribution in [-0.2, 0) is 13.6 Å². The molecule has 3 aromatic rings. The molecule has 7 heteroatoms. The van der Waals surface area contributed by atoms with Crippen LogP contribution in [0.4, 0.5) is 0 Å². The Morgan fingerprint density at radius 2 is 2.15 bits per heavy atom. The summed E-state index contributed by atoms with van der Waals surface area (Å²) in [6, 6.07) is 5.94. The van der Waals surface area contributed by atoms with Crippen molar-refractivity contribution in [1.29, 1.82) is 0 Å². The molecule has 4 rings (SSSR count). The molecule has 0 radical (unpaired) electrons. The number of aryl methyl sites for hydroxylation is 2. The van der Waals surface area contributed by atoms with Crippen molar-refractivity contribution in [2.45, 2.75) is 32.2 Å². The molecule has 1 aliphatic rings. The summed E-state index contributed by atoms with van der Waals surface area (Å²) in [6.45, 7) is 4.05. The average Bonchev–Trinajstić information content (AvgIpc) is 3.28. The van der Waals surface area contributed by atoms with Crippen LogP contribution in [0.1, 0.15) is 46.3 Å². The van der Waals surface area contributed by atoms with Crippen molar-refractivity contribution in [3.8, 4) is 0 Å². The number of piperidine rings is 1. The Hall–Kier alpha value is -2.96. The molecule has 1 saturated heterocycles. The maximum absolute atomic E-state index is 13.0. The summed E-state index contributed by atoms with van der Waals surface area (Å²) in [6.07, 6.45) is 9.47. The van der Waals surface area contributed by atoms with Gasteiger partial charge in [-0.15, -0.1) is 0 Å². The fraction of sp³-hybridized carbons (Fsp3) is 0.400. The second-order valence-electron chi connectivity index (χ2n) is 7.13. The van der Waals surface area contributed by atoms with Crippen LogP contribution in [0.15, 0.2) is 43.0 Å². The van der Waals surface area contributed by atoms with Crippen molar-refractivity contribution < 1.29 is 4.79 Å². The molecular weight excluding hydrogens is 340 g/mol. The SMILES string of the molecule is Cc1nn(C)cc1C(=O)N1CCC[C@@H](c2nccn2Cc2ccccn2)C1. The topological polar surface area (TPSA) is 68.8 Å². The molecule has 0 N–H and O–H groups in total. The molecular formula is C20H24N6O. The first-order valence-corrected chi connectivity index (χ1v) is 9.32. The Morgan fingerprint density at radius 1 is 1.26 bits per heavy atom. The van der Waals surface area contributed by atoms with Crippen LogP contribution in [0.2, 0.25) is 0 Å². The number of hydrogen-bond donors (Lipinski definition) is 0. The van der Waals surface area contributed by atoms with Gasteiger partial charge in [-0.05, 0) is 31.9 Å². The van der Waals surface area contributed by atoms with Crippen molar-refractivity contribution in [3.05, 3.63) is 65.8 Å². The van der Waals surface area contributed by atoms with E-state index in [4.69, 9.17) is 0 Å². The number of carbonyl (C=O) groups is 1. The van der Waals surface area contributed by atoms with E-state index in [1.165, 1.54) is 0 Å². The highest BCUT2D eigenvalue weighted by molar-refractivity contribution is 5.95. The lowest BCUT2D eigenvalue weighted by Gasteiger charge is -2.32. The third kappa shape index (κ3) is 3.63. The summed E-state index contributed by atoms with van der Waals surface area (Å²) >= 11 is 0. The molecule has 3 aromatic heterocycles. The minimum Gasteiger partial charge on any atom is -0.338 e. The van der Waals surface area contributed by atoms with Crippen LogP contribution >= 0.6 is 0 Å². The quantitative estimate of drug-likeness (QED) is 0.713. The second kappa shape index (κ2) is 7.34. The number of carbonyl (C=O) groups excluding carboxylic acids is 1.